The van der Waals surface area contributed by atoms with Gasteiger partial charge >= 0.3 is 0 Å². The van der Waals surface area contributed by atoms with E-state index in [1.54, 1.807) is 6.07 Å². The maximum absolute atomic E-state index is 13.3. The number of aryl methyl sites for hydroxylation is 3. The van der Waals surface area contributed by atoms with Crippen LogP contribution in [0.4, 0.5) is 8.78 Å². The highest BCUT2D eigenvalue weighted by Gasteiger charge is 2.15. The van der Waals surface area contributed by atoms with E-state index in [9.17, 15) is 8.78 Å². The number of halogens is 3. The molecule has 0 saturated carbocycles. The highest BCUT2D eigenvalue weighted by molar-refractivity contribution is 9.09. The van der Waals surface area contributed by atoms with Gasteiger partial charge in [-0.05, 0) is 61.6 Å². The molecule has 1 unspecified atom stereocenters. The molecule has 0 bridgehead atoms. The van der Waals surface area contributed by atoms with Gasteiger partial charge in [0, 0.05) is 4.83 Å². The molecular formula is C17H17BrF2. The summed E-state index contributed by atoms with van der Waals surface area (Å²) in [5.74, 6) is -1.60. The molecule has 0 nitrogen and oxygen atoms in total. The first-order valence-corrected chi connectivity index (χ1v) is 7.46. The summed E-state index contributed by atoms with van der Waals surface area (Å²) in [5, 5.41) is 0. The van der Waals surface area contributed by atoms with Crippen LogP contribution in [0.25, 0.3) is 0 Å². The van der Waals surface area contributed by atoms with Gasteiger partial charge in [-0.15, -0.1) is 0 Å². The van der Waals surface area contributed by atoms with Crippen LogP contribution in [0.3, 0.4) is 0 Å². The second-order valence-corrected chi connectivity index (χ2v) is 6.34. The Labute approximate surface area is 127 Å². The molecule has 0 saturated heterocycles. The summed E-state index contributed by atoms with van der Waals surface area (Å²) in [6, 6.07) is 8.36. The summed E-state index contributed by atoms with van der Waals surface area (Å²) >= 11 is 3.68. The molecule has 0 aliphatic carbocycles. The van der Waals surface area contributed by atoms with Crippen LogP contribution in [0.15, 0.2) is 30.3 Å². The van der Waals surface area contributed by atoms with Gasteiger partial charge in [0.2, 0.25) is 0 Å². The number of hydrogen-bond acceptors (Lipinski definition) is 0. The molecule has 2 aromatic carbocycles. The van der Waals surface area contributed by atoms with E-state index in [1.807, 2.05) is 0 Å². The zero-order chi connectivity index (χ0) is 14.9. The first-order chi connectivity index (χ1) is 9.38. The quantitative estimate of drug-likeness (QED) is 0.642. The van der Waals surface area contributed by atoms with Crippen molar-refractivity contribution in [2.45, 2.75) is 32.0 Å². The van der Waals surface area contributed by atoms with Crippen LogP contribution < -0.4 is 0 Å². The Morgan fingerprint density at radius 1 is 0.950 bits per heavy atom. The van der Waals surface area contributed by atoms with Crippen molar-refractivity contribution in [3.63, 3.8) is 0 Å². The summed E-state index contributed by atoms with van der Waals surface area (Å²) in [7, 11) is 0. The van der Waals surface area contributed by atoms with E-state index in [0.29, 0.717) is 6.42 Å². The van der Waals surface area contributed by atoms with Gasteiger partial charge in [-0.25, -0.2) is 8.78 Å². The van der Waals surface area contributed by atoms with Crippen molar-refractivity contribution >= 4 is 15.9 Å². The first kappa shape index (κ1) is 15.2. The predicted octanol–water partition coefficient (Wildman–Crippen LogP) is 5.57. The smallest absolute Gasteiger partial charge is 0.159 e. The maximum atomic E-state index is 13.3. The monoisotopic (exact) mass is 338 g/mol. The minimum atomic E-state index is -0.803. The molecule has 0 amide bonds. The zero-order valence-corrected chi connectivity index (χ0v) is 13.4. The molecule has 0 aromatic heterocycles. The van der Waals surface area contributed by atoms with E-state index >= 15 is 0 Å². The van der Waals surface area contributed by atoms with Gasteiger partial charge in [0.1, 0.15) is 0 Å². The van der Waals surface area contributed by atoms with Crippen molar-refractivity contribution in [2.75, 3.05) is 0 Å². The van der Waals surface area contributed by atoms with Crippen LogP contribution >= 0.6 is 15.9 Å². The van der Waals surface area contributed by atoms with Gasteiger partial charge in [0.05, 0.1) is 0 Å². The van der Waals surface area contributed by atoms with E-state index in [0.717, 1.165) is 5.56 Å². The van der Waals surface area contributed by atoms with Crippen LogP contribution in [-0.4, -0.2) is 0 Å². The molecule has 1 atom stereocenters. The minimum absolute atomic E-state index is 0.0907. The average Bonchev–Trinajstić information content (AvgIpc) is 2.32. The molecule has 0 aliphatic heterocycles. The Kier molecular flexibility index (Phi) is 4.59. The Bertz CT molecular complexity index is 612. The third-order valence-electron chi connectivity index (χ3n) is 3.45. The van der Waals surface area contributed by atoms with E-state index < -0.39 is 11.6 Å². The van der Waals surface area contributed by atoms with Crippen molar-refractivity contribution in [1.29, 1.82) is 0 Å². The maximum Gasteiger partial charge on any atom is 0.159 e. The Morgan fingerprint density at radius 2 is 1.55 bits per heavy atom. The van der Waals surface area contributed by atoms with E-state index in [-0.39, 0.29) is 4.83 Å². The largest absolute Gasteiger partial charge is 0.204 e. The number of rotatable bonds is 3. The summed E-state index contributed by atoms with van der Waals surface area (Å²) in [4.78, 5) is 0.0907. The van der Waals surface area contributed by atoms with Gasteiger partial charge in [0.25, 0.3) is 0 Å². The molecule has 0 aliphatic rings. The molecule has 0 N–H and O–H groups in total. The van der Waals surface area contributed by atoms with E-state index in [4.69, 9.17) is 0 Å². The molecule has 106 valence electrons. The molecule has 2 aromatic rings. The lowest BCUT2D eigenvalue weighted by molar-refractivity contribution is 0.507. The van der Waals surface area contributed by atoms with Crippen molar-refractivity contribution in [2.24, 2.45) is 0 Å². The normalized spacial score (nSPS) is 12.5. The lowest BCUT2D eigenvalue weighted by Crippen LogP contribution is -2.02. The second-order valence-electron chi connectivity index (χ2n) is 5.23. The van der Waals surface area contributed by atoms with Crippen LogP contribution in [0.2, 0.25) is 0 Å². The van der Waals surface area contributed by atoms with Gasteiger partial charge in [-0.1, -0.05) is 39.7 Å². The second kappa shape index (κ2) is 6.04. The average molecular weight is 339 g/mol. The Balaban J connectivity index is 2.28. The molecular weight excluding hydrogens is 322 g/mol. The molecule has 3 heteroatoms. The summed E-state index contributed by atoms with van der Waals surface area (Å²) in [6.45, 7) is 6.23. The van der Waals surface area contributed by atoms with E-state index in [1.165, 1.54) is 34.4 Å². The minimum Gasteiger partial charge on any atom is -0.204 e. The molecule has 20 heavy (non-hydrogen) atoms. The molecule has 0 heterocycles. The summed E-state index contributed by atoms with van der Waals surface area (Å²) in [6.07, 6.45) is 0.627. The third kappa shape index (κ3) is 3.26. The van der Waals surface area contributed by atoms with Crippen molar-refractivity contribution in [1.82, 2.24) is 0 Å². The Hall–Kier alpha value is -1.22. The lowest BCUT2D eigenvalue weighted by atomic mass is 9.94. The van der Waals surface area contributed by atoms with Gasteiger partial charge in [-0.3, -0.25) is 0 Å². The number of hydrogen-bond donors (Lipinski definition) is 0. The van der Waals surface area contributed by atoms with Gasteiger partial charge in [0.15, 0.2) is 11.6 Å². The fourth-order valence-electron chi connectivity index (χ4n) is 2.66. The number of alkyl halides is 1. The summed E-state index contributed by atoms with van der Waals surface area (Å²) in [5.41, 5.74) is 5.67. The summed E-state index contributed by atoms with van der Waals surface area (Å²) < 4.78 is 26.2. The molecule has 2 rings (SSSR count). The van der Waals surface area contributed by atoms with Crippen molar-refractivity contribution in [3.05, 3.63) is 69.8 Å². The fraction of sp³-hybridized carbons (Fsp3) is 0.294. The zero-order valence-electron chi connectivity index (χ0n) is 11.8. The standard InChI is InChI=1S/C17H17BrF2/c1-10-6-11(2)17(12(3)7-10)14(18)8-13-4-5-15(19)16(20)9-13/h4-7,9,14H,8H2,1-3H3. The fourth-order valence-corrected chi connectivity index (χ4v) is 3.76. The third-order valence-corrected chi connectivity index (χ3v) is 4.23. The van der Waals surface area contributed by atoms with Crippen LogP contribution in [0, 0.1) is 32.4 Å². The van der Waals surface area contributed by atoms with Crippen LogP contribution in [-0.2, 0) is 6.42 Å². The van der Waals surface area contributed by atoms with Gasteiger partial charge < -0.3 is 0 Å². The first-order valence-electron chi connectivity index (χ1n) is 6.54. The predicted molar refractivity (Wildman–Crippen MR) is 82.4 cm³/mol. The molecule has 0 spiro atoms. The highest BCUT2D eigenvalue weighted by Crippen LogP contribution is 2.33. The lowest BCUT2D eigenvalue weighted by Gasteiger charge is -2.17. The molecule has 0 radical (unpaired) electrons. The van der Waals surface area contributed by atoms with Crippen LogP contribution in [0.1, 0.15) is 32.6 Å². The Morgan fingerprint density at radius 3 is 2.10 bits per heavy atom. The number of benzene rings is 2. The van der Waals surface area contributed by atoms with E-state index in [2.05, 4.69) is 48.8 Å². The van der Waals surface area contributed by atoms with Crippen LogP contribution in [0.5, 0.6) is 0 Å². The van der Waals surface area contributed by atoms with Crippen molar-refractivity contribution < 1.29 is 8.78 Å². The SMILES string of the molecule is Cc1cc(C)c(C(Br)Cc2ccc(F)c(F)c2)c(C)c1. The van der Waals surface area contributed by atoms with Gasteiger partial charge in [-0.2, -0.15) is 0 Å². The highest BCUT2D eigenvalue weighted by atomic mass is 79.9. The topological polar surface area (TPSA) is 0 Å². The van der Waals surface area contributed by atoms with Crippen molar-refractivity contribution in [3.8, 4) is 0 Å². The molecule has 0 fully saturated rings.